The summed E-state index contributed by atoms with van der Waals surface area (Å²) in [5.41, 5.74) is 6.60. The van der Waals surface area contributed by atoms with Crippen molar-refractivity contribution in [2.24, 2.45) is 5.73 Å². The molecule has 0 saturated heterocycles. The minimum absolute atomic E-state index is 0.226. The van der Waals surface area contributed by atoms with Crippen LogP contribution in [0.3, 0.4) is 0 Å². The van der Waals surface area contributed by atoms with Crippen LogP contribution in [-0.2, 0) is 6.54 Å². The molecule has 0 heterocycles. The Labute approximate surface area is 76.8 Å². The lowest BCUT2D eigenvalue weighted by Gasteiger charge is -2.00. The fraction of sp³-hybridized carbons (Fsp3) is 0.333. The summed E-state index contributed by atoms with van der Waals surface area (Å²) in [4.78, 5) is 1.18. The Morgan fingerprint density at radius 2 is 1.92 bits per heavy atom. The molecular weight excluding hydrogens is 170 g/mol. The summed E-state index contributed by atoms with van der Waals surface area (Å²) < 4.78 is 0. The van der Waals surface area contributed by atoms with Crippen LogP contribution in [-0.4, -0.2) is 17.5 Å². The molecule has 1 aromatic rings. The summed E-state index contributed by atoms with van der Waals surface area (Å²) in [6.45, 7) is 0.814. The summed E-state index contributed by atoms with van der Waals surface area (Å²) in [7, 11) is 0. The van der Waals surface area contributed by atoms with Crippen LogP contribution in [0.2, 0.25) is 0 Å². The third kappa shape index (κ3) is 2.85. The van der Waals surface area contributed by atoms with Crippen LogP contribution in [0.5, 0.6) is 0 Å². The minimum Gasteiger partial charge on any atom is -0.396 e. The second-order valence-electron chi connectivity index (χ2n) is 2.42. The maximum Gasteiger partial charge on any atom is 0.0525 e. The van der Waals surface area contributed by atoms with Gasteiger partial charge in [-0.05, 0) is 17.7 Å². The Hall–Kier alpha value is -0.510. The normalized spacial score (nSPS) is 10.2. The zero-order valence-corrected chi connectivity index (χ0v) is 7.68. The van der Waals surface area contributed by atoms with E-state index in [9.17, 15) is 0 Å². The Kier molecular flexibility index (Phi) is 4.14. The van der Waals surface area contributed by atoms with Crippen LogP contribution in [0.4, 0.5) is 0 Å². The van der Waals surface area contributed by atoms with E-state index in [1.165, 1.54) is 4.90 Å². The van der Waals surface area contributed by atoms with Gasteiger partial charge in [0.15, 0.2) is 0 Å². The predicted molar refractivity (Wildman–Crippen MR) is 52.1 cm³/mol. The van der Waals surface area contributed by atoms with Crippen molar-refractivity contribution < 1.29 is 5.11 Å². The Morgan fingerprint density at radius 1 is 1.25 bits per heavy atom. The molecule has 0 saturated carbocycles. The van der Waals surface area contributed by atoms with Gasteiger partial charge in [0.25, 0.3) is 0 Å². The van der Waals surface area contributed by atoms with E-state index >= 15 is 0 Å². The average Bonchev–Trinajstić information content (AvgIpc) is 2.15. The third-order valence-electron chi connectivity index (χ3n) is 1.52. The monoisotopic (exact) mass is 183 g/mol. The maximum absolute atomic E-state index is 8.59. The smallest absolute Gasteiger partial charge is 0.0525 e. The Bertz CT molecular complexity index is 222. The van der Waals surface area contributed by atoms with Gasteiger partial charge in [0.1, 0.15) is 0 Å². The molecule has 0 fully saturated rings. The van der Waals surface area contributed by atoms with Gasteiger partial charge in [-0.15, -0.1) is 11.8 Å². The largest absolute Gasteiger partial charge is 0.396 e. The fourth-order valence-electron chi connectivity index (χ4n) is 0.885. The van der Waals surface area contributed by atoms with E-state index in [0.717, 1.165) is 11.3 Å². The van der Waals surface area contributed by atoms with Crippen LogP contribution in [0.1, 0.15) is 5.56 Å². The highest BCUT2D eigenvalue weighted by atomic mass is 32.2. The van der Waals surface area contributed by atoms with Crippen LogP contribution in [0.25, 0.3) is 0 Å². The van der Waals surface area contributed by atoms with E-state index < -0.39 is 0 Å². The lowest BCUT2D eigenvalue weighted by molar-refractivity contribution is 0.322. The second-order valence-corrected chi connectivity index (χ2v) is 3.59. The van der Waals surface area contributed by atoms with Gasteiger partial charge in [-0.3, -0.25) is 0 Å². The van der Waals surface area contributed by atoms with Crippen LogP contribution in [0, 0.1) is 0 Å². The molecule has 66 valence electrons. The van der Waals surface area contributed by atoms with E-state index in [0.29, 0.717) is 6.54 Å². The summed E-state index contributed by atoms with van der Waals surface area (Å²) >= 11 is 1.65. The lowest BCUT2D eigenvalue weighted by atomic mass is 10.2. The van der Waals surface area contributed by atoms with Crippen molar-refractivity contribution in [1.82, 2.24) is 0 Å². The van der Waals surface area contributed by atoms with Crippen molar-refractivity contribution >= 4 is 11.8 Å². The Morgan fingerprint density at radius 3 is 2.42 bits per heavy atom. The number of thioether (sulfide) groups is 1. The molecule has 0 bridgehead atoms. The van der Waals surface area contributed by atoms with Gasteiger partial charge in [-0.25, -0.2) is 0 Å². The van der Waals surface area contributed by atoms with E-state index in [1.807, 2.05) is 24.3 Å². The van der Waals surface area contributed by atoms with E-state index in [2.05, 4.69) is 0 Å². The van der Waals surface area contributed by atoms with Crippen LogP contribution < -0.4 is 5.73 Å². The highest BCUT2D eigenvalue weighted by Gasteiger charge is 1.92. The van der Waals surface area contributed by atoms with Crippen molar-refractivity contribution in [2.45, 2.75) is 11.4 Å². The number of rotatable bonds is 4. The predicted octanol–water partition coefficient (Wildman–Crippen LogP) is 1.23. The quantitative estimate of drug-likeness (QED) is 0.690. The summed E-state index contributed by atoms with van der Waals surface area (Å²) in [5, 5.41) is 8.59. The molecular formula is C9H13NOS. The molecule has 0 aromatic heterocycles. The summed E-state index contributed by atoms with van der Waals surface area (Å²) in [6, 6.07) is 8.09. The number of aliphatic hydroxyl groups is 1. The van der Waals surface area contributed by atoms with Gasteiger partial charge < -0.3 is 10.8 Å². The van der Waals surface area contributed by atoms with E-state index in [4.69, 9.17) is 10.8 Å². The van der Waals surface area contributed by atoms with Gasteiger partial charge in [-0.2, -0.15) is 0 Å². The van der Waals surface area contributed by atoms with E-state index in [1.54, 1.807) is 11.8 Å². The highest BCUT2D eigenvalue weighted by Crippen LogP contribution is 2.17. The van der Waals surface area contributed by atoms with Crippen molar-refractivity contribution in [3.05, 3.63) is 29.8 Å². The molecule has 3 heteroatoms. The van der Waals surface area contributed by atoms with Gasteiger partial charge in [0.2, 0.25) is 0 Å². The van der Waals surface area contributed by atoms with Gasteiger partial charge in [0.05, 0.1) is 6.61 Å². The molecule has 12 heavy (non-hydrogen) atoms. The lowest BCUT2D eigenvalue weighted by Crippen LogP contribution is -1.95. The minimum atomic E-state index is 0.226. The SMILES string of the molecule is NCc1ccc(SCCO)cc1. The standard InChI is InChI=1S/C9H13NOS/c10-7-8-1-3-9(4-2-8)12-6-5-11/h1-4,11H,5-7,10H2. The number of benzene rings is 1. The molecule has 0 amide bonds. The molecule has 0 aliphatic carbocycles. The molecule has 2 nitrogen and oxygen atoms in total. The van der Waals surface area contributed by atoms with Crippen molar-refractivity contribution in [3.8, 4) is 0 Å². The first kappa shape index (κ1) is 9.58. The Balaban J connectivity index is 2.53. The molecule has 1 rings (SSSR count). The summed E-state index contributed by atoms with van der Waals surface area (Å²) in [5.74, 6) is 0.752. The van der Waals surface area contributed by atoms with Gasteiger partial charge in [-0.1, -0.05) is 12.1 Å². The number of aliphatic hydroxyl groups excluding tert-OH is 1. The topological polar surface area (TPSA) is 46.2 Å². The van der Waals surface area contributed by atoms with Crippen molar-refractivity contribution in [1.29, 1.82) is 0 Å². The molecule has 0 aliphatic heterocycles. The molecule has 0 unspecified atom stereocenters. The second kappa shape index (κ2) is 5.19. The van der Waals surface area contributed by atoms with Gasteiger partial charge in [0, 0.05) is 17.2 Å². The molecule has 0 atom stereocenters. The first-order valence-electron chi connectivity index (χ1n) is 3.89. The molecule has 0 aliphatic rings. The number of nitrogens with two attached hydrogens (primary N) is 1. The average molecular weight is 183 g/mol. The fourth-order valence-corrected chi connectivity index (χ4v) is 1.54. The van der Waals surface area contributed by atoms with E-state index in [-0.39, 0.29) is 6.61 Å². The maximum atomic E-state index is 8.59. The molecule has 1 aromatic carbocycles. The number of hydrogen-bond acceptors (Lipinski definition) is 3. The van der Waals surface area contributed by atoms with Crippen molar-refractivity contribution in [2.75, 3.05) is 12.4 Å². The third-order valence-corrected chi connectivity index (χ3v) is 2.51. The van der Waals surface area contributed by atoms with Gasteiger partial charge >= 0.3 is 0 Å². The molecule has 0 radical (unpaired) electrons. The first-order valence-corrected chi connectivity index (χ1v) is 4.88. The number of hydrogen-bond donors (Lipinski definition) is 2. The molecule has 0 spiro atoms. The molecule has 3 N–H and O–H groups in total. The van der Waals surface area contributed by atoms with Crippen LogP contribution >= 0.6 is 11.8 Å². The van der Waals surface area contributed by atoms with Crippen LogP contribution in [0.15, 0.2) is 29.2 Å². The summed E-state index contributed by atoms with van der Waals surface area (Å²) in [6.07, 6.45) is 0. The highest BCUT2D eigenvalue weighted by molar-refractivity contribution is 7.99. The zero-order chi connectivity index (χ0) is 8.81. The first-order chi connectivity index (χ1) is 5.86. The zero-order valence-electron chi connectivity index (χ0n) is 6.86. The van der Waals surface area contributed by atoms with Crippen molar-refractivity contribution in [3.63, 3.8) is 0 Å².